The number of likely N-dealkylation sites (tertiary alicyclic amines) is 1. The topological polar surface area (TPSA) is 68.5 Å². The van der Waals surface area contributed by atoms with Crippen molar-refractivity contribution < 1.29 is 14.1 Å². The highest BCUT2D eigenvalue weighted by Crippen LogP contribution is 2.41. The molecule has 1 aromatic rings. The van der Waals surface area contributed by atoms with Gasteiger partial charge in [0.2, 0.25) is 11.8 Å². The van der Waals surface area contributed by atoms with Gasteiger partial charge in [0.05, 0.1) is 5.41 Å². The van der Waals surface area contributed by atoms with Crippen molar-refractivity contribution in [3.63, 3.8) is 0 Å². The first-order valence-corrected chi connectivity index (χ1v) is 8.67. The summed E-state index contributed by atoms with van der Waals surface area (Å²) < 4.78 is 10.8. The molecule has 1 aliphatic carbocycles. The molecule has 1 aliphatic heterocycles. The van der Waals surface area contributed by atoms with E-state index >= 15 is 0 Å². The van der Waals surface area contributed by atoms with Crippen molar-refractivity contribution in [2.75, 3.05) is 26.8 Å². The number of nitrogens with zero attached hydrogens (tertiary/aromatic N) is 3. The van der Waals surface area contributed by atoms with Crippen molar-refractivity contribution in [1.29, 1.82) is 0 Å². The second-order valence-corrected chi connectivity index (χ2v) is 7.27. The number of aromatic nitrogens is 2. The van der Waals surface area contributed by atoms with Crippen LogP contribution in [0.25, 0.3) is 0 Å². The SMILES string of the molecule is COCCC1(c2noc(C3CC3)n2)CCCN(C(=O)C(C)C)C1. The number of carbonyl (C=O) groups excluding carboxylic acids is 1. The smallest absolute Gasteiger partial charge is 0.229 e. The minimum Gasteiger partial charge on any atom is -0.385 e. The molecular formula is C17H27N3O3. The maximum absolute atomic E-state index is 12.4. The molecular weight excluding hydrogens is 294 g/mol. The highest BCUT2D eigenvalue weighted by atomic mass is 16.5. The van der Waals surface area contributed by atoms with Crippen LogP contribution in [0.5, 0.6) is 0 Å². The first kappa shape index (κ1) is 16.4. The lowest BCUT2D eigenvalue weighted by atomic mass is 9.76. The summed E-state index contributed by atoms with van der Waals surface area (Å²) in [6.07, 6.45) is 5.04. The summed E-state index contributed by atoms with van der Waals surface area (Å²) in [4.78, 5) is 19.1. The molecule has 1 saturated heterocycles. The van der Waals surface area contributed by atoms with E-state index in [-0.39, 0.29) is 17.2 Å². The summed E-state index contributed by atoms with van der Waals surface area (Å²) in [6.45, 7) is 6.02. The Morgan fingerprint density at radius 2 is 2.26 bits per heavy atom. The summed E-state index contributed by atoms with van der Waals surface area (Å²) >= 11 is 0. The monoisotopic (exact) mass is 321 g/mol. The van der Waals surface area contributed by atoms with Gasteiger partial charge in [-0.15, -0.1) is 0 Å². The number of methoxy groups -OCH3 is 1. The van der Waals surface area contributed by atoms with Gasteiger partial charge in [-0.2, -0.15) is 4.98 Å². The van der Waals surface area contributed by atoms with Gasteiger partial charge < -0.3 is 14.2 Å². The molecule has 0 spiro atoms. The van der Waals surface area contributed by atoms with Crippen LogP contribution in [0.1, 0.15) is 63.6 Å². The van der Waals surface area contributed by atoms with E-state index in [0.717, 1.165) is 50.4 Å². The Hall–Kier alpha value is -1.43. The zero-order valence-corrected chi connectivity index (χ0v) is 14.4. The molecule has 0 bridgehead atoms. The highest BCUT2D eigenvalue weighted by Gasteiger charge is 2.43. The molecule has 1 amide bonds. The largest absolute Gasteiger partial charge is 0.385 e. The molecule has 128 valence electrons. The van der Waals surface area contributed by atoms with Crippen molar-refractivity contribution in [3.8, 4) is 0 Å². The molecule has 2 aliphatic rings. The number of carbonyl (C=O) groups is 1. The molecule has 0 N–H and O–H groups in total. The Morgan fingerprint density at radius 1 is 1.48 bits per heavy atom. The van der Waals surface area contributed by atoms with Crippen LogP contribution in [0.3, 0.4) is 0 Å². The number of rotatable bonds is 6. The Bertz CT molecular complexity index is 553. The van der Waals surface area contributed by atoms with Gasteiger partial charge in [-0.25, -0.2) is 0 Å². The van der Waals surface area contributed by atoms with E-state index in [1.807, 2.05) is 18.7 Å². The predicted octanol–water partition coefficient (Wildman–Crippen LogP) is 2.50. The second kappa shape index (κ2) is 6.59. The Kier molecular flexibility index (Phi) is 4.71. The van der Waals surface area contributed by atoms with Crippen molar-refractivity contribution in [3.05, 3.63) is 11.7 Å². The third-order valence-corrected chi connectivity index (χ3v) is 5.01. The maximum Gasteiger partial charge on any atom is 0.229 e. The van der Waals surface area contributed by atoms with Gasteiger partial charge in [0.15, 0.2) is 5.82 Å². The van der Waals surface area contributed by atoms with Crippen molar-refractivity contribution in [2.45, 2.75) is 57.3 Å². The Balaban J connectivity index is 1.84. The Labute approximate surface area is 137 Å². The van der Waals surface area contributed by atoms with E-state index < -0.39 is 0 Å². The van der Waals surface area contributed by atoms with Crippen LogP contribution in [0, 0.1) is 5.92 Å². The first-order chi connectivity index (χ1) is 11.1. The summed E-state index contributed by atoms with van der Waals surface area (Å²) in [5.41, 5.74) is -0.241. The number of piperidine rings is 1. The van der Waals surface area contributed by atoms with Gasteiger partial charge in [-0.1, -0.05) is 19.0 Å². The van der Waals surface area contributed by atoms with Gasteiger partial charge in [0, 0.05) is 38.6 Å². The molecule has 3 rings (SSSR count). The third-order valence-electron chi connectivity index (χ3n) is 5.01. The zero-order chi connectivity index (χ0) is 16.4. The van der Waals surface area contributed by atoms with Crippen LogP contribution in [0.15, 0.2) is 4.52 Å². The van der Waals surface area contributed by atoms with Crippen LogP contribution >= 0.6 is 0 Å². The molecule has 2 heterocycles. The fraction of sp³-hybridized carbons (Fsp3) is 0.824. The molecule has 2 fully saturated rings. The van der Waals surface area contributed by atoms with E-state index in [9.17, 15) is 4.79 Å². The van der Waals surface area contributed by atoms with Gasteiger partial charge in [0.25, 0.3) is 0 Å². The summed E-state index contributed by atoms with van der Waals surface area (Å²) in [6, 6.07) is 0. The summed E-state index contributed by atoms with van der Waals surface area (Å²) in [5.74, 6) is 2.20. The summed E-state index contributed by atoms with van der Waals surface area (Å²) in [7, 11) is 1.71. The number of amides is 1. The average molecular weight is 321 g/mol. The lowest BCUT2D eigenvalue weighted by Gasteiger charge is -2.41. The van der Waals surface area contributed by atoms with Gasteiger partial charge in [0.1, 0.15) is 0 Å². The van der Waals surface area contributed by atoms with E-state index in [0.29, 0.717) is 19.1 Å². The predicted molar refractivity (Wildman–Crippen MR) is 85.1 cm³/mol. The normalized spacial score (nSPS) is 25.1. The van der Waals surface area contributed by atoms with E-state index in [4.69, 9.17) is 9.26 Å². The average Bonchev–Trinajstić information content (AvgIpc) is 3.29. The van der Waals surface area contributed by atoms with Gasteiger partial charge in [-0.05, 0) is 32.1 Å². The van der Waals surface area contributed by atoms with Crippen molar-refractivity contribution in [1.82, 2.24) is 15.0 Å². The van der Waals surface area contributed by atoms with Crippen molar-refractivity contribution in [2.24, 2.45) is 5.92 Å². The van der Waals surface area contributed by atoms with Crippen LogP contribution in [-0.2, 0) is 14.9 Å². The summed E-state index contributed by atoms with van der Waals surface area (Å²) in [5, 5.41) is 4.29. The fourth-order valence-corrected chi connectivity index (χ4v) is 3.43. The minimum atomic E-state index is -0.241. The zero-order valence-electron chi connectivity index (χ0n) is 14.4. The second-order valence-electron chi connectivity index (χ2n) is 7.27. The minimum absolute atomic E-state index is 0.0144. The molecule has 1 aromatic heterocycles. The fourth-order valence-electron chi connectivity index (χ4n) is 3.43. The van der Waals surface area contributed by atoms with Crippen molar-refractivity contribution >= 4 is 5.91 Å². The number of hydrogen-bond acceptors (Lipinski definition) is 5. The van der Waals surface area contributed by atoms with Crippen LogP contribution in [-0.4, -0.2) is 47.8 Å². The highest BCUT2D eigenvalue weighted by molar-refractivity contribution is 5.78. The molecule has 0 aromatic carbocycles. The molecule has 6 nitrogen and oxygen atoms in total. The van der Waals surface area contributed by atoms with Crippen LogP contribution in [0.4, 0.5) is 0 Å². The third kappa shape index (κ3) is 3.42. The molecule has 1 atom stereocenters. The quantitative estimate of drug-likeness (QED) is 0.805. The van der Waals surface area contributed by atoms with Crippen LogP contribution < -0.4 is 0 Å². The lowest BCUT2D eigenvalue weighted by Crippen LogP contribution is -2.50. The molecule has 6 heteroatoms. The van der Waals surface area contributed by atoms with E-state index in [1.165, 1.54) is 0 Å². The number of ether oxygens (including phenoxy) is 1. The van der Waals surface area contributed by atoms with E-state index in [1.54, 1.807) is 7.11 Å². The molecule has 1 unspecified atom stereocenters. The van der Waals surface area contributed by atoms with Gasteiger partial charge in [-0.3, -0.25) is 4.79 Å². The first-order valence-electron chi connectivity index (χ1n) is 8.67. The number of hydrogen-bond donors (Lipinski definition) is 0. The molecule has 23 heavy (non-hydrogen) atoms. The Morgan fingerprint density at radius 3 is 2.91 bits per heavy atom. The molecule has 1 saturated carbocycles. The van der Waals surface area contributed by atoms with Gasteiger partial charge >= 0.3 is 0 Å². The maximum atomic E-state index is 12.4. The van der Waals surface area contributed by atoms with Crippen LogP contribution in [0.2, 0.25) is 0 Å². The molecule has 0 radical (unpaired) electrons. The lowest BCUT2D eigenvalue weighted by molar-refractivity contribution is -0.137. The van der Waals surface area contributed by atoms with E-state index in [2.05, 4.69) is 10.1 Å². The standard InChI is InChI=1S/C17H27N3O3/c1-12(2)15(21)20-9-4-7-17(11-20,8-10-22-3)16-18-14(23-19-16)13-5-6-13/h12-13H,4-11H2,1-3H3.